The smallest absolute Gasteiger partial charge is 0.399 e. The van der Waals surface area contributed by atoms with Crippen LogP contribution in [0.3, 0.4) is 0 Å². The number of dihydropyridines is 1. The Morgan fingerprint density at radius 1 is 1.04 bits per heavy atom. The molecule has 4 aliphatic rings. The van der Waals surface area contributed by atoms with Crippen LogP contribution in [0.25, 0.3) is 0 Å². The molecule has 1 N–H and O–H groups in total. The number of rotatable bonds is 2. The molecule has 2 unspecified atom stereocenters. The molecule has 144 valence electrons. The molecule has 2 atom stereocenters. The molecule has 28 heavy (non-hydrogen) atoms. The van der Waals surface area contributed by atoms with Gasteiger partial charge < -0.3 is 19.5 Å². The Morgan fingerprint density at radius 3 is 2.50 bits per heavy atom. The van der Waals surface area contributed by atoms with Crippen molar-refractivity contribution < 1.29 is 9.31 Å². The van der Waals surface area contributed by atoms with Crippen LogP contribution >= 0.6 is 0 Å². The van der Waals surface area contributed by atoms with E-state index in [2.05, 4.69) is 92.6 Å². The van der Waals surface area contributed by atoms with Crippen LogP contribution in [0.5, 0.6) is 0 Å². The number of hydrogen-bond acceptors (Lipinski definition) is 4. The summed E-state index contributed by atoms with van der Waals surface area (Å²) in [6.07, 6.45) is 15.2. The maximum atomic E-state index is 6.29. The van der Waals surface area contributed by atoms with Gasteiger partial charge in [-0.05, 0) is 63.1 Å². The van der Waals surface area contributed by atoms with Crippen molar-refractivity contribution in [3.05, 3.63) is 72.1 Å². The highest BCUT2D eigenvalue weighted by Crippen LogP contribution is 2.46. The summed E-state index contributed by atoms with van der Waals surface area (Å²) in [5.41, 5.74) is 4.34. The van der Waals surface area contributed by atoms with Crippen LogP contribution in [-0.4, -0.2) is 30.9 Å². The summed E-state index contributed by atoms with van der Waals surface area (Å²) in [5, 5.41) is 3.34. The zero-order valence-corrected chi connectivity index (χ0v) is 17.0. The highest BCUT2D eigenvalue weighted by atomic mass is 16.7. The molecule has 4 nitrogen and oxygen atoms in total. The zero-order chi connectivity index (χ0) is 19.5. The Hall–Kier alpha value is -2.24. The van der Waals surface area contributed by atoms with Gasteiger partial charge in [0.1, 0.15) is 0 Å². The number of anilines is 1. The van der Waals surface area contributed by atoms with Crippen molar-refractivity contribution in [3.63, 3.8) is 0 Å². The Bertz CT molecular complexity index is 913. The van der Waals surface area contributed by atoms with Crippen LogP contribution < -0.4 is 15.7 Å². The van der Waals surface area contributed by atoms with E-state index in [1.807, 2.05) is 6.20 Å². The van der Waals surface area contributed by atoms with Crippen LogP contribution in [-0.2, 0) is 9.31 Å². The summed E-state index contributed by atoms with van der Waals surface area (Å²) in [7, 11) is -0.329. The summed E-state index contributed by atoms with van der Waals surface area (Å²) >= 11 is 0. The summed E-state index contributed by atoms with van der Waals surface area (Å²) in [6.45, 7) is 9.24. The summed E-state index contributed by atoms with van der Waals surface area (Å²) < 4.78 is 12.6. The molecule has 0 saturated carbocycles. The third-order valence-corrected chi connectivity index (χ3v) is 6.69. The molecular weight excluding hydrogens is 347 g/mol. The molecule has 1 aromatic carbocycles. The lowest BCUT2D eigenvalue weighted by molar-refractivity contribution is 0.00578. The molecule has 0 bridgehead atoms. The van der Waals surface area contributed by atoms with Crippen molar-refractivity contribution in [2.75, 3.05) is 11.4 Å². The SMILES string of the molecule is CC1(C)OB(c2ccc3c(c2)C2C=CC=CC2N3C2=CC=CNC2)OC1(C)C. The van der Waals surface area contributed by atoms with Gasteiger partial charge in [-0.1, -0.05) is 36.4 Å². The van der Waals surface area contributed by atoms with Gasteiger partial charge in [-0.25, -0.2) is 0 Å². The molecule has 1 aromatic rings. The third-order valence-electron chi connectivity index (χ3n) is 6.69. The van der Waals surface area contributed by atoms with Gasteiger partial charge in [0.2, 0.25) is 0 Å². The molecule has 5 rings (SSSR count). The molecule has 5 heteroatoms. The maximum absolute atomic E-state index is 6.29. The van der Waals surface area contributed by atoms with Crippen molar-refractivity contribution in [1.82, 2.24) is 5.32 Å². The fourth-order valence-corrected chi connectivity index (χ4v) is 4.44. The van der Waals surface area contributed by atoms with Gasteiger partial charge in [0, 0.05) is 17.3 Å². The molecule has 0 aromatic heterocycles. The van der Waals surface area contributed by atoms with Gasteiger partial charge in [0.25, 0.3) is 0 Å². The second-order valence-electron chi connectivity index (χ2n) is 8.96. The monoisotopic (exact) mass is 374 g/mol. The molecule has 3 aliphatic heterocycles. The van der Waals surface area contributed by atoms with Crippen LogP contribution in [0.2, 0.25) is 0 Å². The van der Waals surface area contributed by atoms with Crippen LogP contribution in [0.4, 0.5) is 5.69 Å². The lowest BCUT2D eigenvalue weighted by Gasteiger charge is -2.32. The second kappa shape index (κ2) is 6.13. The summed E-state index contributed by atoms with van der Waals surface area (Å²) in [6, 6.07) is 6.99. The van der Waals surface area contributed by atoms with E-state index in [-0.39, 0.29) is 18.3 Å². The van der Waals surface area contributed by atoms with Gasteiger partial charge in [0.15, 0.2) is 0 Å². The third kappa shape index (κ3) is 2.60. The summed E-state index contributed by atoms with van der Waals surface area (Å²) in [4.78, 5) is 2.46. The molecule has 3 heterocycles. The van der Waals surface area contributed by atoms with E-state index in [9.17, 15) is 0 Å². The van der Waals surface area contributed by atoms with Gasteiger partial charge in [0.05, 0.1) is 23.8 Å². The minimum atomic E-state index is -0.330. The fourth-order valence-electron chi connectivity index (χ4n) is 4.44. The normalized spacial score (nSPS) is 28.8. The Labute approximate surface area is 167 Å². The van der Waals surface area contributed by atoms with Crippen LogP contribution in [0.1, 0.15) is 39.2 Å². The quantitative estimate of drug-likeness (QED) is 0.805. The Morgan fingerprint density at radius 2 is 1.79 bits per heavy atom. The minimum absolute atomic E-state index is 0.313. The largest absolute Gasteiger partial charge is 0.494 e. The molecule has 0 amide bonds. The van der Waals surface area contributed by atoms with Crippen molar-refractivity contribution in [1.29, 1.82) is 0 Å². The first-order valence-electron chi connectivity index (χ1n) is 10.1. The highest BCUT2D eigenvalue weighted by Gasteiger charge is 2.52. The zero-order valence-electron chi connectivity index (χ0n) is 17.0. The maximum Gasteiger partial charge on any atom is 0.494 e. The number of benzene rings is 1. The first-order chi connectivity index (χ1) is 13.4. The number of nitrogens with one attached hydrogen (secondary N) is 1. The van der Waals surface area contributed by atoms with E-state index in [0.717, 1.165) is 12.0 Å². The van der Waals surface area contributed by atoms with E-state index in [1.54, 1.807) is 0 Å². The summed E-state index contributed by atoms with van der Waals surface area (Å²) in [5.74, 6) is 0.342. The van der Waals surface area contributed by atoms with Crippen molar-refractivity contribution in [2.45, 2.75) is 50.9 Å². The highest BCUT2D eigenvalue weighted by molar-refractivity contribution is 6.62. The predicted octanol–water partition coefficient (Wildman–Crippen LogP) is 3.38. The van der Waals surface area contributed by atoms with Crippen LogP contribution in [0, 0.1) is 0 Å². The van der Waals surface area contributed by atoms with Crippen molar-refractivity contribution in [2.24, 2.45) is 0 Å². The first kappa shape index (κ1) is 17.8. The first-order valence-corrected chi connectivity index (χ1v) is 10.1. The van der Waals surface area contributed by atoms with Crippen molar-refractivity contribution >= 4 is 18.3 Å². The average Bonchev–Trinajstić information content (AvgIpc) is 3.12. The number of allylic oxidation sites excluding steroid dienone is 4. The van der Waals surface area contributed by atoms with Crippen LogP contribution in [0.15, 0.2) is 66.6 Å². The Kier molecular flexibility index (Phi) is 3.91. The van der Waals surface area contributed by atoms with E-state index in [4.69, 9.17) is 9.31 Å². The number of nitrogens with zero attached hydrogens (tertiary/aromatic N) is 1. The molecule has 1 saturated heterocycles. The molecular formula is C23H27BN2O2. The molecule has 0 spiro atoms. The molecule has 0 radical (unpaired) electrons. The molecule has 1 aliphatic carbocycles. The lowest BCUT2D eigenvalue weighted by atomic mass is 9.77. The number of hydrogen-bond donors (Lipinski definition) is 1. The standard InChI is InChI=1S/C23H27BN2O2/c1-22(2)23(3,4)28-24(27-22)16-11-12-21-19(14-16)18-9-5-6-10-20(18)26(21)17-8-7-13-25-15-17/h5-14,18,20,25H,15H2,1-4H3. The fraction of sp³-hybridized carbons (Fsp3) is 0.391. The lowest BCUT2D eigenvalue weighted by Crippen LogP contribution is -2.41. The number of fused-ring (bicyclic) bond motifs is 3. The van der Waals surface area contributed by atoms with Gasteiger partial charge in [-0.15, -0.1) is 0 Å². The molecule has 1 fully saturated rings. The van der Waals surface area contributed by atoms with E-state index in [0.29, 0.717) is 12.0 Å². The van der Waals surface area contributed by atoms with E-state index < -0.39 is 0 Å². The van der Waals surface area contributed by atoms with Gasteiger partial charge in [-0.3, -0.25) is 0 Å². The van der Waals surface area contributed by atoms with Gasteiger partial charge in [-0.2, -0.15) is 0 Å². The van der Waals surface area contributed by atoms with E-state index in [1.165, 1.54) is 16.9 Å². The minimum Gasteiger partial charge on any atom is -0.399 e. The van der Waals surface area contributed by atoms with E-state index >= 15 is 0 Å². The Balaban J connectivity index is 1.54. The predicted molar refractivity (Wildman–Crippen MR) is 115 cm³/mol. The van der Waals surface area contributed by atoms with Crippen molar-refractivity contribution in [3.8, 4) is 0 Å². The second-order valence-corrected chi connectivity index (χ2v) is 8.96. The van der Waals surface area contributed by atoms with Gasteiger partial charge >= 0.3 is 7.12 Å². The average molecular weight is 374 g/mol. The topological polar surface area (TPSA) is 33.7 Å².